The number of H-pyrrole nitrogens is 1. The molecule has 5 rings (SSSR count). The lowest BCUT2D eigenvalue weighted by atomic mass is 10.1. The summed E-state index contributed by atoms with van der Waals surface area (Å²) in [4.78, 5) is 29.0. The van der Waals surface area contributed by atoms with E-state index in [-0.39, 0.29) is 12.3 Å². The summed E-state index contributed by atoms with van der Waals surface area (Å²) in [5.41, 5.74) is 10.4. The number of hydrogen-bond donors (Lipinski definition) is 3. The van der Waals surface area contributed by atoms with Crippen LogP contribution in [0.25, 0.3) is 27.8 Å². The molecule has 0 aliphatic heterocycles. The summed E-state index contributed by atoms with van der Waals surface area (Å²) in [5.74, 6) is -0.747. The van der Waals surface area contributed by atoms with Crippen molar-refractivity contribution in [3.05, 3.63) is 108 Å². The van der Waals surface area contributed by atoms with E-state index >= 15 is 0 Å². The average molecular weight is 450 g/mol. The molecule has 7 heteroatoms. The number of fused-ring (bicyclic) bond motifs is 1. The topological polar surface area (TPSA) is 91.8 Å². The quantitative estimate of drug-likeness (QED) is 0.349. The van der Waals surface area contributed by atoms with Crippen LogP contribution < -0.4 is 10.9 Å². The first-order valence-corrected chi connectivity index (χ1v) is 11.0. The summed E-state index contributed by atoms with van der Waals surface area (Å²) in [6.45, 7) is 1.94. The Morgan fingerprint density at radius 3 is 2.32 bits per heavy atom. The molecule has 2 amide bonds. The summed E-state index contributed by atoms with van der Waals surface area (Å²) in [5, 5.41) is 5.64. The van der Waals surface area contributed by atoms with Gasteiger partial charge in [0.05, 0.1) is 17.7 Å². The molecule has 0 radical (unpaired) electrons. The van der Waals surface area contributed by atoms with E-state index < -0.39 is 5.91 Å². The van der Waals surface area contributed by atoms with E-state index in [0.717, 1.165) is 33.4 Å². The molecule has 0 aliphatic carbocycles. The molecule has 5 aromatic rings. The lowest BCUT2D eigenvalue weighted by molar-refractivity contribution is -0.121. The first-order chi connectivity index (χ1) is 16.6. The zero-order valence-corrected chi connectivity index (χ0v) is 18.6. The Bertz CT molecular complexity index is 1470. The summed E-state index contributed by atoms with van der Waals surface area (Å²) in [6, 6.07) is 26.9. The van der Waals surface area contributed by atoms with E-state index in [1.165, 1.54) is 0 Å². The predicted molar refractivity (Wildman–Crippen MR) is 131 cm³/mol. The molecule has 3 aromatic carbocycles. The van der Waals surface area contributed by atoms with Gasteiger partial charge in [0, 0.05) is 28.4 Å². The highest BCUT2D eigenvalue weighted by Crippen LogP contribution is 2.24. The zero-order chi connectivity index (χ0) is 23.5. The minimum atomic E-state index is -0.440. The Labute approximate surface area is 196 Å². The van der Waals surface area contributed by atoms with E-state index in [4.69, 9.17) is 0 Å². The lowest BCUT2D eigenvalue weighted by Gasteiger charge is -2.08. The predicted octanol–water partition coefficient (Wildman–Crippen LogP) is 4.33. The number of aryl methyl sites for hydroxylation is 1. The van der Waals surface area contributed by atoms with Gasteiger partial charge in [0.25, 0.3) is 5.91 Å². The van der Waals surface area contributed by atoms with Crippen molar-refractivity contribution in [3.8, 4) is 16.9 Å². The number of benzene rings is 3. The Hall–Kier alpha value is -4.65. The van der Waals surface area contributed by atoms with Gasteiger partial charge in [-0.15, -0.1) is 0 Å². The molecule has 0 aliphatic rings. The number of nitrogens with one attached hydrogen (secondary N) is 3. The van der Waals surface area contributed by atoms with E-state index in [1.54, 1.807) is 10.9 Å². The van der Waals surface area contributed by atoms with Crippen molar-refractivity contribution < 1.29 is 9.59 Å². The van der Waals surface area contributed by atoms with Crippen LogP contribution in [-0.4, -0.2) is 26.6 Å². The maximum Gasteiger partial charge on any atom is 0.273 e. The van der Waals surface area contributed by atoms with Crippen molar-refractivity contribution in [1.82, 2.24) is 25.6 Å². The number of carbonyl (C=O) groups excluding carboxylic acids is 2. The zero-order valence-electron chi connectivity index (χ0n) is 18.6. The number of carbonyl (C=O) groups is 2. The number of hydrogen-bond acceptors (Lipinski definition) is 3. The number of aromatic nitrogens is 3. The molecule has 0 saturated heterocycles. The molecule has 2 heterocycles. The molecule has 0 saturated carbocycles. The normalized spacial score (nSPS) is 10.9. The Kier molecular flexibility index (Phi) is 5.66. The van der Waals surface area contributed by atoms with Gasteiger partial charge in [0.1, 0.15) is 5.69 Å². The van der Waals surface area contributed by atoms with Crippen LogP contribution in [0.3, 0.4) is 0 Å². The lowest BCUT2D eigenvalue weighted by Crippen LogP contribution is -2.42. The number of para-hydroxylation sites is 2. The third kappa shape index (κ3) is 4.19. The van der Waals surface area contributed by atoms with Crippen molar-refractivity contribution >= 4 is 22.7 Å². The number of aromatic amines is 1. The van der Waals surface area contributed by atoms with Crippen molar-refractivity contribution in [2.45, 2.75) is 13.3 Å². The van der Waals surface area contributed by atoms with Crippen molar-refractivity contribution in [3.63, 3.8) is 0 Å². The Balaban J connectivity index is 1.36. The van der Waals surface area contributed by atoms with Gasteiger partial charge in [-0.2, -0.15) is 5.10 Å². The van der Waals surface area contributed by atoms with Crippen LogP contribution in [0.15, 0.2) is 91.1 Å². The molecular weight excluding hydrogens is 426 g/mol. The second-order valence-electron chi connectivity index (χ2n) is 7.99. The molecule has 7 nitrogen and oxygen atoms in total. The molecule has 168 valence electrons. The smallest absolute Gasteiger partial charge is 0.273 e. The van der Waals surface area contributed by atoms with Gasteiger partial charge < -0.3 is 4.98 Å². The number of rotatable bonds is 5. The van der Waals surface area contributed by atoms with Crippen LogP contribution in [0, 0.1) is 6.92 Å². The van der Waals surface area contributed by atoms with Crippen LogP contribution >= 0.6 is 0 Å². The van der Waals surface area contributed by atoms with Gasteiger partial charge in [0.15, 0.2) is 0 Å². The average Bonchev–Trinajstić information content (AvgIpc) is 3.45. The van der Waals surface area contributed by atoms with Gasteiger partial charge >= 0.3 is 0 Å². The van der Waals surface area contributed by atoms with Gasteiger partial charge in [-0.25, -0.2) is 4.68 Å². The SMILES string of the molecule is Cc1[nH]c2ccccc2c1CC(=O)NNC(=O)c1cn(-c2ccccc2)nc1-c1ccccc1. The molecule has 0 spiro atoms. The fourth-order valence-corrected chi connectivity index (χ4v) is 4.02. The van der Waals surface area contributed by atoms with Gasteiger partial charge in [-0.1, -0.05) is 66.7 Å². The molecule has 0 fully saturated rings. The fourth-order valence-electron chi connectivity index (χ4n) is 4.02. The van der Waals surface area contributed by atoms with Crippen molar-refractivity contribution in [2.75, 3.05) is 0 Å². The van der Waals surface area contributed by atoms with Gasteiger partial charge in [0.2, 0.25) is 5.91 Å². The highest BCUT2D eigenvalue weighted by molar-refractivity contribution is 6.01. The van der Waals surface area contributed by atoms with E-state index in [2.05, 4.69) is 20.9 Å². The van der Waals surface area contributed by atoms with Crippen LogP contribution in [0.5, 0.6) is 0 Å². The monoisotopic (exact) mass is 449 g/mol. The van der Waals surface area contributed by atoms with E-state index in [9.17, 15) is 9.59 Å². The van der Waals surface area contributed by atoms with Crippen LogP contribution in [0.4, 0.5) is 0 Å². The number of nitrogens with zero attached hydrogens (tertiary/aromatic N) is 2. The second-order valence-corrected chi connectivity index (χ2v) is 7.99. The minimum Gasteiger partial charge on any atom is -0.358 e. The highest BCUT2D eigenvalue weighted by Gasteiger charge is 2.20. The van der Waals surface area contributed by atoms with Crippen LogP contribution in [0.1, 0.15) is 21.6 Å². The van der Waals surface area contributed by atoms with Crippen LogP contribution in [0.2, 0.25) is 0 Å². The minimum absolute atomic E-state index is 0.144. The highest BCUT2D eigenvalue weighted by atomic mass is 16.2. The Morgan fingerprint density at radius 2 is 1.56 bits per heavy atom. The molecule has 0 unspecified atom stereocenters. The summed E-state index contributed by atoms with van der Waals surface area (Å²) in [7, 11) is 0. The molecule has 34 heavy (non-hydrogen) atoms. The maximum absolute atomic E-state index is 13.1. The third-order valence-electron chi connectivity index (χ3n) is 5.71. The summed E-state index contributed by atoms with van der Waals surface area (Å²) >= 11 is 0. The summed E-state index contributed by atoms with van der Waals surface area (Å²) in [6.07, 6.45) is 1.81. The molecule has 2 aromatic heterocycles. The maximum atomic E-state index is 13.1. The summed E-state index contributed by atoms with van der Waals surface area (Å²) < 4.78 is 1.66. The molecule has 0 bridgehead atoms. The van der Waals surface area contributed by atoms with Crippen molar-refractivity contribution in [1.29, 1.82) is 0 Å². The van der Waals surface area contributed by atoms with E-state index in [0.29, 0.717) is 11.3 Å². The molecule has 0 atom stereocenters. The number of amides is 2. The van der Waals surface area contributed by atoms with Crippen molar-refractivity contribution in [2.24, 2.45) is 0 Å². The largest absolute Gasteiger partial charge is 0.358 e. The van der Waals surface area contributed by atoms with Gasteiger partial charge in [-0.05, 0) is 30.7 Å². The van der Waals surface area contributed by atoms with Gasteiger partial charge in [-0.3, -0.25) is 20.4 Å². The fraction of sp³-hybridized carbons (Fsp3) is 0.0741. The number of hydrazine groups is 1. The van der Waals surface area contributed by atoms with E-state index in [1.807, 2.05) is 91.9 Å². The van der Waals surface area contributed by atoms with Crippen LogP contribution in [-0.2, 0) is 11.2 Å². The first kappa shape index (κ1) is 21.2. The first-order valence-electron chi connectivity index (χ1n) is 11.0. The molecule has 3 N–H and O–H groups in total. The Morgan fingerprint density at radius 1 is 0.882 bits per heavy atom. The standard InChI is InChI=1S/C27H23N5O2/c1-18-22(21-14-8-9-15-24(21)28-18)16-25(33)29-30-27(34)23-17-32(20-12-6-3-7-13-20)31-26(23)19-10-4-2-5-11-19/h2-15,17,28H,16H2,1H3,(H,29,33)(H,30,34). The third-order valence-corrected chi connectivity index (χ3v) is 5.71. The second kappa shape index (κ2) is 9.07. The molecular formula is C27H23N5O2.